The number of nitrogens with one attached hydrogen (secondary N) is 2. The van der Waals surface area contributed by atoms with Crippen molar-refractivity contribution in [1.29, 1.82) is 0 Å². The molecule has 0 amide bonds. The first-order chi connectivity index (χ1) is 4.83. The summed E-state index contributed by atoms with van der Waals surface area (Å²) in [5.41, 5.74) is 5.67. The van der Waals surface area contributed by atoms with E-state index in [2.05, 4.69) is 10.9 Å². The van der Waals surface area contributed by atoms with Crippen molar-refractivity contribution >= 4 is 11.9 Å². The minimum Gasteiger partial charge on any atom is -0.377 e. The third-order valence-electron chi connectivity index (χ3n) is 1.08. The molecule has 0 spiro atoms. The second kappa shape index (κ2) is 3.82. The van der Waals surface area contributed by atoms with Crippen molar-refractivity contribution in [3.05, 3.63) is 11.6 Å². The van der Waals surface area contributed by atoms with Gasteiger partial charge in [0, 0.05) is 11.6 Å². The molecule has 0 aliphatic carbocycles. The molecule has 5 heteroatoms. The van der Waals surface area contributed by atoms with Crippen molar-refractivity contribution in [1.82, 2.24) is 15.4 Å². The molecular formula is C5H11N3OS. The van der Waals surface area contributed by atoms with Gasteiger partial charge in [0.05, 0.1) is 0 Å². The van der Waals surface area contributed by atoms with Gasteiger partial charge in [0.1, 0.15) is 6.23 Å². The van der Waals surface area contributed by atoms with E-state index in [1.165, 1.54) is 11.9 Å². The van der Waals surface area contributed by atoms with Gasteiger partial charge in [0.2, 0.25) is 0 Å². The van der Waals surface area contributed by atoms with Crippen LogP contribution in [0, 0.1) is 0 Å². The van der Waals surface area contributed by atoms with Crippen LogP contribution >= 0.6 is 11.9 Å². The van der Waals surface area contributed by atoms with Gasteiger partial charge < -0.3 is 10.5 Å². The molecule has 0 fully saturated rings. The quantitative estimate of drug-likeness (QED) is 0.406. The van der Waals surface area contributed by atoms with Gasteiger partial charge in [-0.1, -0.05) is 11.4 Å². The molecule has 0 saturated heterocycles. The molecule has 1 unspecified atom stereocenters. The lowest BCUT2D eigenvalue weighted by atomic mass is 10.4. The Morgan fingerprint density at radius 3 is 3.20 bits per heavy atom. The number of aliphatic hydroxyl groups is 1. The average molecular weight is 161 g/mol. The minimum absolute atomic E-state index is 0.472. The topological polar surface area (TPSA) is 47.5 Å². The Labute approximate surface area is 64.4 Å². The molecule has 58 valence electrons. The van der Waals surface area contributed by atoms with E-state index in [0.717, 1.165) is 0 Å². The van der Waals surface area contributed by atoms with Gasteiger partial charge in [0.25, 0.3) is 0 Å². The molecule has 0 radical (unpaired) electrons. The lowest BCUT2D eigenvalue weighted by Gasteiger charge is -2.18. The van der Waals surface area contributed by atoms with Gasteiger partial charge in [0.15, 0.2) is 0 Å². The van der Waals surface area contributed by atoms with Crippen LogP contribution < -0.4 is 10.9 Å². The van der Waals surface area contributed by atoms with Crippen molar-refractivity contribution in [3.8, 4) is 0 Å². The summed E-state index contributed by atoms with van der Waals surface area (Å²) in [6.07, 6.45) is 2.01. The highest BCUT2D eigenvalue weighted by molar-refractivity contribution is 8.00. The number of rotatable bonds is 3. The summed E-state index contributed by atoms with van der Waals surface area (Å²) in [6, 6.07) is 0. The van der Waals surface area contributed by atoms with E-state index in [1.807, 2.05) is 12.3 Å². The fourth-order valence-corrected chi connectivity index (χ4v) is 1.06. The summed E-state index contributed by atoms with van der Waals surface area (Å²) in [7, 11) is 0. The fourth-order valence-electron chi connectivity index (χ4n) is 0.514. The van der Waals surface area contributed by atoms with Crippen LogP contribution in [0.15, 0.2) is 11.6 Å². The molecule has 1 aliphatic heterocycles. The zero-order valence-corrected chi connectivity index (χ0v) is 6.56. The Morgan fingerprint density at radius 2 is 2.70 bits per heavy atom. The molecule has 1 heterocycles. The maximum absolute atomic E-state index is 9.08. The van der Waals surface area contributed by atoms with E-state index >= 15 is 0 Å². The van der Waals surface area contributed by atoms with E-state index in [4.69, 9.17) is 5.11 Å². The summed E-state index contributed by atoms with van der Waals surface area (Å²) in [5, 5.41) is 11.0. The van der Waals surface area contributed by atoms with Crippen LogP contribution in [-0.2, 0) is 0 Å². The smallest absolute Gasteiger partial charge is 0.119 e. The second-order valence-electron chi connectivity index (χ2n) is 1.88. The molecule has 0 aromatic rings. The summed E-state index contributed by atoms with van der Waals surface area (Å²) < 4.78 is 1.65. The number of aliphatic hydroxyl groups excluding tert-OH is 1. The van der Waals surface area contributed by atoms with Crippen LogP contribution in [0.1, 0.15) is 13.3 Å². The fraction of sp³-hybridized carbons (Fsp3) is 0.600. The molecule has 4 nitrogen and oxygen atoms in total. The van der Waals surface area contributed by atoms with Gasteiger partial charge in [-0.15, -0.1) is 0 Å². The molecule has 3 N–H and O–H groups in total. The highest BCUT2D eigenvalue weighted by atomic mass is 32.2. The molecule has 0 aromatic heterocycles. The van der Waals surface area contributed by atoms with E-state index in [0.29, 0.717) is 6.42 Å². The summed E-state index contributed by atoms with van der Waals surface area (Å²) in [5.74, 6) is 0. The average Bonchev–Trinajstić information content (AvgIpc) is 2.40. The van der Waals surface area contributed by atoms with Crippen LogP contribution in [0.25, 0.3) is 0 Å². The van der Waals surface area contributed by atoms with Crippen LogP contribution in [-0.4, -0.2) is 15.9 Å². The Hall–Kier alpha value is -0.230. The van der Waals surface area contributed by atoms with Crippen molar-refractivity contribution in [2.24, 2.45) is 0 Å². The van der Waals surface area contributed by atoms with Gasteiger partial charge >= 0.3 is 0 Å². The van der Waals surface area contributed by atoms with E-state index in [-0.39, 0.29) is 0 Å². The van der Waals surface area contributed by atoms with Gasteiger partial charge in [-0.2, -0.15) is 5.43 Å². The largest absolute Gasteiger partial charge is 0.377 e. The summed E-state index contributed by atoms with van der Waals surface area (Å²) in [4.78, 5) is 0. The zero-order chi connectivity index (χ0) is 7.40. The van der Waals surface area contributed by atoms with Crippen molar-refractivity contribution in [2.45, 2.75) is 19.6 Å². The molecule has 10 heavy (non-hydrogen) atoms. The molecule has 1 atom stereocenters. The first-order valence-corrected chi connectivity index (χ1v) is 3.99. The Morgan fingerprint density at radius 1 is 1.90 bits per heavy atom. The van der Waals surface area contributed by atoms with Crippen molar-refractivity contribution in [3.63, 3.8) is 0 Å². The highest BCUT2D eigenvalue weighted by Gasteiger charge is 2.08. The van der Waals surface area contributed by atoms with E-state index < -0.39 is 6.23 Å². The van der Waals surface area contributed by atoms with Crippen molar-refractivity contribution in [2.75, 3.05) is 0 Å². The van der Waals surface area contributed by atoms with E-state index in [9.17, 15) is 0 Å². The Balaban J connectivity index is 2.13. The maximum atomic E-state index is 9.08. The maximum Gasteiger partial charge on any atom is 0.119 e. The highest BCUT2D eigenvalue weighted by Crippen LogP contribution is 2.10. The van der Waals surface area contributed by atoms with Crippen LogP contribution in [0.2, 0.25) is 0 Å². The first kappa shape index (κ1) is 7.87. The molecule has 0 saturated carbocycles. The van der Waals surface area contributed by atoms with E-state index in [1.54, 1.807) is 10.7 Å². The second-order valence-corrected chi connectivity index (χ2v) is 2.73. The normalized spacial score (nSPS) is 21.0. The Bertz CT molecular complexity index is 122. The lowest BCUT2D eigenvalue weighted by molar-refractivity contribution is 0.0694. The summed E-state index contributed by atoms with van der Waals surface area (Å²) >= 11 is 1.46. The van der Waals surface area contributed by atoms with Crippen molar-refractivity contribution < 1.29 is 5.11 Å². The number of hydrogen-bond acceptors (Lipinski definition) is 5. The van der Waals surface area contributed by atoms with Gasteiger partial charge in [-0.3, -0.25) is 0 Å². The standard InChI is InChI=1S/C5H11N3OS/c1-2-5(9)7-8-6-3-4-10-8/h3-7,9H,2H2,1H3. The predicted molar refractivity (Wildman–Crippen MR) is 41.1 cm³/mol. The molecule has 0 bridgehead atoms. The van der Waals surface area contributed by atoms with Gasteiger partial charge in [-0.05, 0) is 18.4 Å². The molecule has 1 aliphatic rings. The molecule has 0 aromatic carbocycles. The zero-order valence-electron chi connectivity index (χ0n) is 5.74. The number of nitrogens with zero attached hydrogens (tertiary/aromatic N) is 1. The van der Waals surface area contributed by atoms with Crippen LogP contribution in [0.3, 0.4) is 0 Å². The van der Waals surface area contributed by atoms with Gasteiger partial charge in [-0.25, -0.2) is 0 Å². The predicted octanol–water partition coefficient (Wildman–Crippen LogP) is 0.159. The lowest BCUT2D eigenvalue weighted by Crippen LogP contribution is -2.43. The summed E-state index contributed by atoms with van der Waals surface area (Å²) in [6.45, 7) is 1.91. The molecular weight excluding hydrogens is 150 g/mol. The minimum atomic E-state index is -0.472. The van der Waals surface area contributed by atoms with Crippen LogP contribution in [0.4, 0.5) is 0 Å². The third kappa shape index (κ3) is 2.18. The monoisotopic (exact) mass is 161 g/mol. The number of hydrazine groups is 2. The Kier molecular flexibility index (Phi) is 3.01. The number of hydrogen-bond donors (Lipinski definition) is 3. The van der Waals surface area contributed by atoms with Crippen LogP contribution in [0.5, 0.6) is 0 Å². The third-order valence-corrected chi connectivity index (χ3v) is 1.76. The first-order valence-electron chi connectivity index (χ1n) is 3.15. The SMILES string of the molecule is CCC(O)NN1NC=CS1. The molecule has 1 rings (SSSR count).